The number of aryl methyl sites for hydroxylation is 1. The molecule has 0 aliphatic heterocycles. The predicted octanol–water partition coefficient (Wildman–Crippen LogP) is 6.24. The molecule has 6 nitrogen and oxygen atoms in total. The lowest BCUT2D eigenvalue weighted by atomic mass is 10.1. The van der Waals surface area contributed by atoms with Crippen LogP contribution in [0, 0.1) is 12.7 Å². The lowest BCUT2D eigenvalue weighted by Crippen LogP contribution is -2.20. The van der Waals surface area contributed by atoms with Crippen LogP contribution in [0.15, 0.2) is 53.3 Å². The number of benzene rings is 2. The summed E-state index contributed by atoms with van der Waals surface area (Å²) >= 11 is 1.57. The van der Waals surface area contributed by atoms with Gasteiger partial charge in [0.25, 0.3) is 5.56 Å². The van der Waals surface area contributed by atoms with Crippen molar-refractivity contribution < 1.29 is 13.9 Å². The van der Waals surface area contributed by atoms with Crippen LogP contribution in [0.2, 0.25) is 0 Å². The Kier molecular flexibility index (Phi) is 8.50. The molecule has 1 aliphatic rings. The highest BCUT2D eigenvalue weighted by atomic mass is 32.2. The van der Waals surface area contributed by atoms with Crippen molar-refractivity contribution >= 4 is 29.1 Å². The van der Waals surface area contributed by atoms with Gasteiger partial charge in [-0.05, 0) is 66.6 Å². The molecule has 1 fully saturated rings. The molecule has 0 bridgehead atoms. The molecule has 8 heteroatoms. The number of anilines is 3. The molecule has 0 saturated heterocycles. The smallest absolute Gasteiger partial charge is 0.255 e. The zero-order valence-corrected chi connectivity index (χ0v) is 21.3. The molecule has 34 heavy (non-hydrogen) atoms. The third-order valence-electron chi connectivity index (χ3n) is 5.57. The first kappa shape index (κ1) is 25.5. The fourth-order valence-electron chi connectivity index (χ4n) is 3.59. The van der Waals surface area contributed by atoms with E-state index in [0.717, 1.165) is 17.7 Å². The number of hydrogen-bond donors (Lipinski definition) is 2. The van der Waals surface area contributed by atoms with E-state index in [-0.39, 0.29) is 17.1 Å². The Balaban J connectivity index is 0.00000158. The largest absolute Gasteiger partial charge is 0.497 e. The van der Waals surface area contributed by atoms with Gasteiger partial charge in [-0.3, -0.25) is 9.36 Å². The van der Waals surface area contributed by atoms with Gasteiger partial charge in [-0.2, -0.15) is 0 Å². The Morgan fingerprint density at radius 1 is 1.09 bits per heavy atom. The van der Waals surface area contributed by atoms with Crippen molar-refractivity contribution in [2.75, 3.05) is 24.3 Å². The van der Waals surface area contributed by atoms with Gasteiger partial charge in [-0.15, -0.1) is 0 Å². The highest BCUT2D eigenvalue weighted by Gasteiger charge is 2.39. The molecule has 2 N–H and O–H groups in total. The maximum absolute atomic E-state index is 14.5. The standard InChI is InChI=1S/C24H26FN3O3S.C2H6/c1-14-8-9-19(18(25)10-14)26-24-23(20(31-4)13-22(29)28(24)2)27-32-21-12-17(21)15-6-5-7-16(11-15)30-3;1-2/h5-11,13,17,21,26-27H,12H2,1-4H3;1-2H3. The number of rotatable bonds is 8. The van der Waals surface area contributed by atoms with Crippen LogP contribution in [0.25, 0.3) is 0 Å². The first-order valence-electron chi connectivity index (χ1n) is 11.3. The molecule has 182 valence electrons. The van der Waals surface area contributed by atoms with Crippen LogP contribution >= 0.6 is 11.9 Å². The second-order valence-electron chi connectivity index (χ2n) is 7.82. The minimum atomic E-state index is -0.390. The summed E-state index contributed by atoms with van der Waals surface area (Å²) in [6.07, 6.45) is 1.02. The summed E-state index contributed by atoms with van der Waals surface area (Å²) in [4.78, 5) is 12.5. The Labute approximate surface area is 204 Å². The van der Waals surface area contributed by atoms with E-state index in [1.807, 2.05) is 39.0 Å². The summed E-state index contributed by atoms with van der Waals surface area (Å²) in [5, 5.41) is 3.42. The van der Waals surface area contributed by atoms with Crippen LogP contribution in [0.3, 0.4) is 0 Å². The molecule has 1 saturated carbocycles. The van der Waals surface area contributed by atoms with Crippen LogP contribution in [-0.4, -0.2) is 24.0 Å². The Hall–Kier alpha value is -3.13. The van der Waals surface area contributed by atoms with Crippen LogP contribution in [0.4, 0.5) is 21.6 Å². The van der Waals surface area contributed by atoms with E-state index in [9.17, 15) is 9.18 Å². The SMILES string of the molecule is CC.COc1cccc(C2CC2SNc2c(OC)cc(=O)n(C)c2Nc2ccc(C)cc2F)c1. The highest BCUT2D eigenvalue weighted by Crippen LogP contribution is 2.50. The summed E-state index contributed by atoms with van der Waals surface area (Å²) in [5.74, 6) is 1.70. The molecule has 4 rings (SSSR count). The molecule has 1 aromatic heterocycles. The average Bonchev–Trinajstić information content (AvgIpc) is 3.63. The van der Waals surface area contributed by atoms with Crippen molar-refractivity contribution in [3.05, 3.63) is 75.8 Å². The van der Waals surface area contributed by atoms with E-state index in [1.54, 1.807) is 32.2 Å². The molecule has 1 heterocycles. The maximum atomic E-state index is 14.5. The average molecular weight is 486 g/mol. The van der Waals surface area contributed by atoms with E-state index < -0.39 is 0 Å². The molecular formula is C26H32FN3O3S. The van der Waals surface area contributed by atoms with E-state index in [1.165, 1.54) is 29.4 Å². The summed E-state index contributed by atoms with van der Waals surface area (Å²) in [6, 6.07) is 14.4. The Morgan fingerprint density at radius 2 is 1.85 bits per heavy atom. The normalized spacial score (nSPS) is 16.2. The summed E-state index contributed by atoms with van der Waals surface area (Å²) in [6.45, 7) is 5.83. The van der Waals surface area contributed by atoms with Crippen molar-refractivity contribution in [3.8, 4) is 11.5 Å². The van der Waals surface area contributed by atoms with Gasteiger partial charge in [0.15, 0.2) is 5.75 Å². The predicted molar refractivity (Wildman–Crippen MR) is 139 cm³/mol. The molecule has 0 spiro atoms. The number of nitrogens with zero attached hydrogens (tertiary/aromatic N) is 1. The van der Waals surface area contributed by atoms with Crippen LogP contribution in [0.5, 0.6) is 11.5 Å². The zero-order chi connectivity index (χ0) is 24.8. The molecule has 1 aliphatic carbocycles. The second kappa shape index (κ2) is 11.3. The molecule has 0 amide bonds. The maximum Gasteiger partial charge on any atom is 0.255 e. The lowest BCUT2D eigenvalue weighted by Gasteiger charge is -2.19. The fraction of sp³-hybridized carbons (Fsp3) is 0.346. The molecule has 0 radical (unpaired) electrons. The number of aromatic nitrogens is 1. The van der Waals surface area contributed by atoms with Gasteiger partial charge in [0.2, 0.25) is 0 Å². The third kappa shape index (κ3) is 5.67. The van der Waals surface area contributed by atoms with E-state index in [4.69, 9.17) is 9.47 Å². The van der Waals surface area contributed by atoms with Gasteiger partial charge in [0, 0.05) is 18.4 Å². The summed E-state index contributed by atoms with van der Waals surface area (Å²) in [7, 11) is 4.82. The molecular weight excluding hydrogens is 453 g/mol. The zero-order valence-electron chi connectivity index (χ0n) is 20.4. The number of nitrogens with one attached hydrogen (secondary N) is 2. The first-order valence-corrected chi connectivity index (χ1v) is 12.2. The third-order valence-corrected chi connectivity index (χ3v) is 6.71. The van der Waals surface area contributed by atoms with Gasteiger partial charge in [0.1, 0.15) is 23.1 Å². The second-order valence-corrected chi connectivity index (χ2v) is 8.86. The number of ether oxygens (including phenoxy) is 2. The van der Waals surface area contributed by atoms with Gasteiger partial charge in [-0.25, -0.2) is 4.39 Å². The van der Waals surface area contributed by atoms with E-state index >= 15 is 0 Å². The van der Waals surface area contributed by atoms with Crippen molar-refractivity contribution in [1.29, 1.82) is 0 Å². The minimum absolute atomic E-state index is 0.256. The van der Waals surface area contributed by atoms with Gasteiger partial charge in [-0.1, -0.05) is 32.0 Å². The molecule has 3 aromatic rings. The highest BCUT2D eigenvalue weighted by molar-refractivity contribution is 8.01. The van der Waals surface area contributed by atoms with Gasteiger partial charge in [0.05, 0.1) is 19.9 Å². The topological polar surface area (TPSA) is 64.5 Å². The summed E-state index contributed by atoms with van der Waals surface area (Å²) in [5.41, 5.74) is 2.67. The number of methoxy groups -OCH3 is 2. The fourth-order valence-corrected chi connectivity index (χ4v) is 4.68. The van der Waals surface area contributed by atoms with Crippen molar-refractivity contribution in [2.45, 2.75) is 38.4 Å². The quantitative estimate of drug-likeness (QED) is 0.369. The summed E-state index contributed by atoms with van der Waals surface area (Å²) < 4.78 is 30.1. The van der Waals surface area contributed by atoms with Crippen molar-refractivity contribution in [1.82, 2.24) is 4.57 Å². The van der Waals surface area contributed by atoms with Crippen molar-refractivity contribution in [2.24, 2.45) is 7.05 Å². The van der Waals surface area contributed by atoms with Crippen LogP contribution in [0.1, 0.15) is 37.3 Å². The number of hydrogen-bond acceptors (Lipinski definition) is 6. The van der Waals surface area contributed by atoms with E-state index in [2.05, 4.69) is 22.2 Å². The van der Waals surface area contributed by atoms with Gasteiger partial charge < -0.3 is 19.5 Å². The Bertz CT molecular complexity index is 1200. The first-order chi connectivity index (χ1) is 16.4. The lowest BCUT2D eigenvalue weighted by molar-refractivity contribution is 0.414. The van der Waals surface area contributed by atoms with Gasteiger partial charge >= 0.3 is 0 Å². The van der Waals surface area contributed by atoms with Crippen LogP contribution in [-0.2, 0) is 7.05 Å². The molecule has 2 atom stereocenters. The van der Waals surface area contributed by atoms with Crippen molar-refractivity contribution in [3.63, 3.8) is 0 Å². The monoisotopic (exact) mass is 485 g/mol. The molecule has 2 aromatic carbocycles. The van der Waals surface area contributed by atoms with Crippen LogP contribution < -0.4 is 25.1 Å². The minimum Gasteiger partial charge on any atom is -0.497 e. The number of pyridine rings is 1. The molecule has 2 unspecified atom stereocenters. The Morgan fingerprint density at radius 3 is 2.53 bits per heavy atom. The number of halogens is 1. The van der Waals surface area contributed by atoms with E-state index in [0.29, 0.717) is 28.4 Å².